The summed E-state index contributed by atoms with van der Waals surface area (Å²) in [5.74, 6) is -0.0826. The second kappa shape index (κ2) is 7.19. The van der Waals surface area contributed by atoms with Crippen molar-refractivity contribution in [2.75, 3.05) is 30.9 Å². The van der Waals surface area contributed by atoms with Crippen LogP contribution >= 0.6 is 11.3 Å². The van der Waals surface area contributed by atoms with E-state index in [0.717, 1.165) is 17.8 Å². The average molecular weight is 305 g/mol. The van der Waals surface area contributed by atoms with Crippen molar-refractivity contribution in [1.29, 1.82) is 0 Å². The third kappa shape index (κ3) is 4.27. The molecule has 0 aliphatic rings. The second-order valence-electron chi connectivity index (χ2n) is 4.71. The number of benzene rings is 1. The SMILES string of the molecule is Cc1ncsc1CCOCC(=O)N(C)c1ccc(N)cc1. The molecule has 1 heterocycles. The maximum atomic E-state index is 12.0. The Balaban J connectivity index is 1.76. The highest BCUT2D eigenvalue weighted by molar-refractivity contribution is 7.09. The minimum absolute atomic E-state index is 0.0682. The van der Waals surface area contributed by atoms with E-state index in [4.69, 9.17) is 10.5 Å². The molecule has 0 radical (unpaired) electrons. The fourth-order valence-corrected chi connectivity index (χ4v) is 2.59. The normalized spacial score (nSPS) is 10.6. The molecule has 0 fully saturated rings. The third-order valence-corrected chi connectivity index (χ3v) is 4.19. The Morgan fingerprint density at radius 3 is 2.71 bits per heavy atom. The smallest absolute Gasteiger partial charge is 0.252 e. The van der Waals surface area contributed by atoms with Crippen LogP contribution in [-0.4, -0.2) is 31.2 Å². The molecule has 0 spiro atoms. The Hall–Kier alpha value is -1.92. The molecule has 2 rings (SSSR count). The number of aromatic nitrogens is 1. The van der Waals surface area contributed by atoms with Gasteiger partial charge in [-0.2, -0.15) is 0 Å². The Morgan fingerprint density at radius 2 is 2.10 bits per heavy atom. The van der Waals surface area contributed by atoms with Crippen LogP contribution in [0.1, 0.15) is 10.6 Å². The maximum absolute atomic E-state index is 12.0. The highest BCUT2D eigenvalue weighted by Crippen LogP contribution is 2.15. The van der Waals surface area contributed by atoms with Crippen LogP contribution in [0.4, 0.5) is 11.4 Å². The Bertz CT molecular complexity index is 595. The van der Waals surface area contributed by atoms with Crippen molar-refractivity contribution in [1.82, 2.24) is 4.98 Å². The van der Waals surface area contributed by atoms with Gasteiger partial charge >= 0.3 is 0 Å². The lowest BCUT2D eigenvalue weighted by atomic mass is 10.2. The van der Waals surface area contributed by atoms with E-state index in [0.29, 0.717) is 12.3 Å². The minimum Gasteiger partial charge on any atom is -0.399 e. The molecule has 0 saturated carbocycles. The van der Waals surface area contributed by atoms with Crippen LogP contribution in [0.3, 0.4) is 0 Å². The average Bonchev–Trinajstić information content (AvgIpc) is 2.89. The number of nitrogens with zero attached hydrogens (tertiary/aromatic N) is 2. The number of amides is 1. The van der Waals surface area contributed by atoms with Crippen molar-refractivity contribution in [3.63, 3.8) is 0 Å². The van der Waals surface area contributed by atoms with Gasteiger partial charge in [0.2, 0.25) is 0 Å². The van der Waals surface area contributed by atoms with E-state index in [1.165, 1.54) is 4.88 Å². The molecule has 0 unspecified atom stereocenters. The number of carbonyl (C=O) groups excluding carboxylic acids is 1. The van der Waals surface area contributed by atoms with Gasteiger partial charge in [-0.3, -0.25) is 4.79 Å². The molecule has 0 aliphatic carbocycles. The summed E-state index contributed by atoms with van der Waals surface area (Å²) >= 11 is 1.61. The van der Waals surface area contributed by atoms with Crippen molar-refractivity contribution in [3.8, 4) is 0 Å². The maximum Gasteiger partial charge on any atom is 0.252 e. The molecule has 2 aromatic rings. The largest absolute Gasteiger partial charge is 0.399 e. The lowest BCUT2D eigenvalue weighted by Gasteiger charge is -2.17. The van der Waals surface area contributed by atoms with Gasteiger partial charge in [0, 0.05) is 29.7 Å². The predicted molar refractivity (Wildman–Crippen MR) is 85.6 cm³/mol. The number of hydrogen-bond donors (Lipinski definition) is 1. The summed E-state index contributed by atoms with van der Waals surface area (Å²) < 4.78 is 5.45. The van der Waals surface area contributed by atoms with Crippen LogP contribution in [0.2, 0.25) is 0 Å². The second-order valence-corrected chi connectivity index (χ2v) is 5.65. The zero-order valence-corrected chi connectivity index (χ0v) is 13.0. The van der Waals surface area contributed by atoms with E-state index in [1.807, 2.05) is 24.6 Å². The molecule has 0 bridgehead atoms. The van der Waals surface area contributed by atoms with Gasteiger partial charge in [0.05, 0.1) is 17.8 Å². The molecular formula is C15H19N3O2S. The summed E-state index contributed by atoms with van der Waals surface area (Å²) in [6.07, 6.45) is 0.787. The van der Waals surface area contributed by atoms with Crippen LogP contribution in [0.5, 0.6) is 0 Å². The molecule has 21 heavy (non-hydrogen) atoms. The monoisotopic (exact) mass is 305 g/mol. The van der Waals surface area contributed by atoms with Crippen molar-refractivity contribution in [2.24, 2.45) is 0 Å². The van der Waals surface area contributed by atoms with Crippen LogP contribution in [-0.2, 0) is 16.0 Å². The Kier molecular flexibility index (Phi) is 5.30. The summed E-state index contributed by atoms with van der Waals surface area (Å²) in [6, 6.07) is 7.17. The van der Waals surface area contributed by atoms with Crippen molar-refractivity contribution < 1.29 is 9.53 Å². The summed E-state index contributed by atoms with van der Waals surface area (Å²) in [7, 11) is 1.73. The number of hydrogen-bond acceptors (Lipinski definition) is 5. The van der Waals surface area contributed by atoms with E-state index in [-0.39, 0.29) is 12.5 Å². The molecule has 1 aromatic heterocycles. The standard InChI is InChI=1S/C15H19N3O2S/c1-11-14(21-10-17-11)7-8-20-9-15(19)18(2)13-5-3-12(16)4-6-13/h3-6,10H,7-9,16H2,1-2H3. The molecule has 2 N–H and O–H groups in total. The molecule has 6 heteroatoms. The summed E-state index contributed by atoms with van der Waals surface area (Å²) in [6.45, 7) is 2.56. The van der Waals surface area contributed by atoms with E-state index in [2.05, 4.69) is 4.98 Å². The first-order chi connectivity index (χ1) is 10.1. The molecule has 0 atom stereocenters. The summed E-state index contributed by atoms with van der Waals surface area (Å²) in [5.41, 5.74) is 9.97. The molecule has 1 amide bonds. The molecule has 0 saturated heterocycles. The van der Waals surface area contributed by atoms with Gasteiger partial charge in [0.15, 0.2) is 0 Å². The number of nitrogens with two attached hydrogens (primary N) is 1. The number of thiazole rings is 1. The van der Waals surface area contributed by atoms with Crippen LogP contribution in [0, 0.1) is 6.92 Å². The van der Waals surface area contributed by atoms with Crippen molar-refractivity contribution >= 4 is 28.6 Å². The Labute approximate surface area is 128 Å². The highest BCUT2D eigenvalue weighted by Gasteiger charge is 2.11. The molecule has 1 aromatic carbocycles. The zero-order valence-electron chi connectivity index (χ0n) is 12.2. The predicted octanol–water partition coefficient (Wildman–Crippen LogP) is 2.26. The van der Waals surface area contributed by atoms with Gasteiger partial charge in [-0.1, -0.05) is 0 Å². The van der Waals surface area contributed by atoms with Crippen LogP contribution in [0.15, 0.2) is 29.8 Å². The minimum atomic E-state index is -0.0826. The lowest BCUT2D eigenvalue weighted by molar-refractivity contribution is -0.122. The Morgan fingerprint density at radius 1 is 1.38 bits per heavy atom. The first kappa shape index (κ1) is 15.5. The van der Waals surface area contributed by atoms with Crippen LogP contribution in [0.25, 0.3) is 0 Å². The van der Waals surface area contributed by atoms with Gasteiger partial charge in [-0.15, -0.1) is 11.3 Å². The van der Waals surface area contributed by atoms with Gasteiger partial charge in [0.25, 0.3) is 5.91 Å². The first-order valence-corrected chi connectivity index (χ1v) is 7.54. The first-order valence-electron chi connectivity index (χ1n) is 6.66. The fraction of sp³-hybridized carbons (Fsp3) is 0.333. The molecular weight excluding hydrogens is 286 g/mol. The number of nitrogen functional groups attached to an aromatic ring is 1. The number of aryl methyl sites for hydroxylation is 1. The molecule has 0 aliphatic heterocycles. The number of ether oxygens (including phenoxy) is 1. The van der Waals surface area contributed by atoms with Gasteiger partial charge < -0.3 is 15.4 Å². The van der Waals surface area contributed by atoms with Gasteiger partial charge in [-0.05, 0) is 31.2 Å². The van der Waals surface area contributed by atoms with Crippen molar-refractivity contribution in [2.45, 2.75) is 13.3 Å². The zero-order chi connectivity index (χ0) is 15.2. The quantitative estimate of drug-likeness (QED) is 0.656. The number of likely N-dealkylation sites (N-methyl/N-ethyl adjacent to an activating group) is 1. The van der Waals surface area contributed by atoms with E-state index < -0.39 is 0 Å². The number of anilines is 2. The van der Waals surface area contributed by atoms with E-state index >= 15 is 0 Å². The summed E-state index contributed by atoms with van der Waals surface area (Å²) in [4.78, 5) is 19.0. The van der Waals surface area contributed by atoms with E-state index in [1.54, 1.807) is 35.4 Å². The van der Waals surface area contributed by atoms with E-state index in [9.17, 15) is 4.79 Å². The third-order valence-electron chi connectivity index (χ3n) is 3.20. The van der Waals surface area contributed by atoms with Crippen LogP contribution < -0.4 is 10.6 Å². The number of rotatable bonds is 6. The molecule has 5 nitrogen and oxygen atoms in total. The fourth-order valence-electron chi connectivity index (χ4n) is 1.83. The van der Waals surface area contributed by atoms with Gasteiger partial charge in [-0.25, -0.2) is 4.98 Å². The number of carbonyl (C=O) groups is 1. The van der Waals surface area contributed by atoms with Gasteiger partial charge in [0.1, 0.15) is 6.61 Å². The molecule has 112 valence electrons. The highest BCUT2D eigenvalue weighted by atomic mass is 32.1. The lowest BCUT2D eigenvalue weighted by Crippen LogP contribution is -2.30. The topological polar surface area (TPSA) is 68.5 Å². The summed E-state index contributed by atoms with van der Waals surface area (Å²) in [5, 5.41) is 0. The van der Waals surface area contributed by atoms with Crippen molar-refractivity contribution in [3.05, 3.63) is 40.3 Å².